The average Bonchev–Trinajstić information content (AvgIpc) is 3.30. The summed E-state index contributed by atoms with van der Waals surface area (Å²) >= 11 is 0. The highest BCUT2D eigenvalue weighted by Crippen LogP contribution is 2.18. The van der Waals surface area contributed by atoms with Crippen LogP contribution in [0.4, 0.5) is 0 Å². The van der Waals surface area contributed by atoms with Crippen LogP contribution in [0.2, 0.25) is 0 Å². The number of benzene rings is 1. The molecule has 2 rings (SSSR count). The number of aliphatic imine (C=N–C) groups is 1. The lowest BCUT2D eigenvalue weighted by molar-refractivity contribution is 0.146. The molecular formula is C16H26IN3O2. The number of guanidine groups is 1. The zero-order chi connectivity index (χ0) is 14.9. The minimum atomic E-state index is 0. The molecule has 0 unspecified atom stereocenters. The van der Waals surface area contributed by atoms with E-state index in [1.165, 1.54) is 12.8 Å². The molecule has 6 heteroatoms. The highest BCUT2D eigenvalue weighted by molar-refractivity contribution is 14.0. The second kappa shape index (κ2) is 10.7. The maximum Gasteiger partial charge on any atom is 0.191 e. The first-order valence-corrected chi connectivity index (χ1v) is 7.57. The van der Waals surface area contributed by atoms with Gasteiger partial charge in [-0.1, -0.05) is 12.1 Å². The Labute approximate surface area is 149 Å². The molecule has 1 saturated carbocycles. The fraction of sp³-hybridized carbons (Fsp3) is 0.562. The molecule has 1 fully saturated rings. The van der Waals surface area contributed by atoms with Crippen molar-refractivity contribution in [2.45, 2.75) is 32.4 Å². The summed E-state index contributed by atoms with van der Waals surface area (Å²) in [6, 6.07) is 8.64. The third-order valence-corrected chi connectivity index (χ3v) is 3.14. The summed E-state index contributed by atoms with van der Waals surface area (Å²) in [5.74, 6) is 1.76. The predicted molar refractivity (Wildman–Crippen MR) is 100 cm³/mol. The van der Waals surface area contributed by atoms with Gasteiger partial charge in [0.2, 0.25) is 0 Å². The zero-order valence-corrected chi connectivity index (χ0v) is 15.6. The summed E-state index contributed by atoms with van der Waals surface area (Å²) in [6.07, 6.45) is 2.49. The largest absolute Gasteiger partial charge is 0.491 e. The summed E-state index contributed by atoms with van der Waals surface area (Å²) in [4.78, 5) is 4.62. The molecule has 5 nitrogen and oxygen atoms in total. The highest BCUT2D eigenvalue weighted by atomic mass is 127. The molecule has 0 amide bonds. The third-order valence-electron chi connectivity index (χ3n) is 3.14. The maximum absolute atomic E-state index is 5.61. The van der Waals surface area contributed by atoms with Crippen molar-refractivity contribution in [3.63, 3.8) is 0 Å². The molecule has 0 spiro atoms. The van der Waals surface area contributed by atoms with Crippen LogP contribution in [0.5, 0.6) is 5.75 Å². The van der Waals surface area contributed by atoms with E-state index < -0.39 is 0 Å². The van der Waals surface area contributed by atoms with E-state index in [2.05, 4.69) is 28.6 Å². The number of halogens is 1. The summed E-state index contributed by atoms with van der Waals surface area (Å²) in [5.41, 5.74) is 1.14. The molecule has 0 heterocycles. The van der Waals surface area contributed by atoms with Crippen molar-refractivity contribution >= 4 is 29.9 Å². The third kappa shape index (κ3) is 7.31. The Bertz CT molecular complexity index is 464. The zero-order valence-electron chi connectivity index (χ0n) is 13.3. The van der Waals surface area contributed by atoms with E-state index in [-0.39, 0.29) is 24.0 Å². The van der Waals surface area contributed by atoms with Crippen LogP contribution in [0.3, 0.4) is 0 Å². The van der Waals surface area contributed by atoms with Gasteiger partial charge in [0.05, 0.1) is 13.2 Å². The van der Waals surface area contributed by atoms with E-state index in [0.29, 0.717) is 25.8 Å². The van der Waals surface area contributed by atoms with Gasteiger partial charge in [-0.3, -0.25) is 0 Å². The number of methoxy groups -OCH3 is 1. The second-order valence-electron chi connectivity index (χ2n) is 5.10. The Balaban J connectivity index is 0.00000242. The first-order valence-electron chi connectivity index (χ1n) is 7.57. The van der Waals surface area contributed by atoms with Crippen LogP contribution in [-0.4, -0.2) is 38.9 Å². The molecule has 2 N–H and O–H groups in total. The fourth-order valence-corrected chi connectivity index (χ4v) is 1.89. The molecule has 0 aromatic heterocycles. The molecule has 0 saturated heterocycles. The van der Waals surface area contributed by atoms with Crippen LogP contribution in [0.15, 0.2) is 29.3 Å². The molecule has 0 aliphatic heterocycles. The maximum atomic E-state index is 5.61. The summed E-state index contributed by atoms with van der Waals surface area (Å²) in [5, 5.41) is 6.68. The average molecular weight is 419 g/mol. The van der Waals surface area contributed by atoms with E-state index >= 15 is 0 Å². The Hall–Kier alpha value is -1.02. The van der Waals surface area contributed by atoms with Gasteiger partial charge in [-0.15, -0.1) is 24.0 Å². The van der Waals surface area contributed by atoms with E-state index in [1.54, 1.807) is 7.11 Å². The molecule has 1 aromatic carbocycles. The van der Waals surface area contributed by atoms with E-state index in [4.69, 9.17) is 9.47 Å². The number of rotatable bonds is 8. The molecule has 1 aliphatic carbocycles. The van der Waals surface area contributed by atoms with Gasteiger partial charge < -0.3 is 20.1 Å². The molecule has 0 bridgehead atoms. The van der Waals surface area contributed by atoms with Crippen molar-refractivity contribution in [2.75, 3.05) is 26.9 Å². The quantitative estimate of drug-likeness (QED) is 0.294. The van der Waals surface area contributed by atoms with Crippen molar-refractivity contribution in [3.8, 4) is 5.75 Å². The molecule has 0 radical (unpaired) electrons. The standard InChI is InChI=1S/C16H25N3O2.HI/c1-3-17-16(19-14-7-8-14)18-12-13-5-4-6-15(11-13)21-10-9-20-2;/h4-6,11,14H,3,7-10,12H2,1-2H3,(H2,17,18,19);1H. The first-order chi connectivity index (χ1) is 10.3. The van der Waals surface area contributed by atoms with Crippen molar-refractivity contribution in [2.24, 2.45) is 4.99 Å². The Morgan fingerprint density at radius 3 is 2.82 bits per heavy atom. The van der Waals surface area contributed by atoms with Crippen LogP contribution >= 0.6 is 24.0 Å². The Morgan fingerprint density at radius 1 is 1.32 bits per heavy atom. The monoisotopic (exact) mass is 419 g/mol. The van der Waals surface area contributed by atoms with Gasteiger partial charge in [-0.05, 0) is 37.5 Å². The van der Waals surface area contributed by atoms with Gasteiger partial charge in [0.15, 0.2) is 5.96 Å². The molecule has 22 heavy (non-hydrogen) atoms. The number of nitrogens with zero attached hydrogens (tertiary/aromatic N) is 1. The van der Waals surface area contributed by atoms with Gasteiger partial charge in [0.25, 0.3) is 0 Å². The van der Waals surface area contributed by atoms with Gasteiger partial charge in [0, 0.05) is 19.7 Å². The predicted octanol–water partition coefficient (Wildman–Crippen LogP) is 2.55. The molecule has 0 atom stereocenters. The van der Waals surface area contributed by atoms with Crippen molar-refractivity contribution < 1.29 is 9.47 Å². The summed E-state index contributed by atoms with van der Waals surface area (Å²) in [6.45, 7) is 4.75. The first kappa shape index (κ1) is 19.0. The van der Waals surface area contributed by atoms with Crippen LogP contribution in [-0.2, 0) is 11.3 Å². The SMILES string of the molecule is CCNC(=NCc1cccc(OCCOC)c1)NC1CC1.I. The minimum absolute atomic E-state index is 0. The van der Waals surface area contributed by atoms with Crippen molar-refractivity contribution in [1.82, 2.24) is 10.6 Å². The number of nitrogens with one attached hydrogen (secondary N) is 2. The lowest BCUT2D eigenvalue weighted by Gasteiger charge is -2.10. The van der Waals surface area contributed by atoms with Crippen molar-refractivity contribution in [1.29, 1.82) is 0 Å². The topological polar surface area (TPSA) is 54.9 Å². The van der Waals surface area contributed by atoms with Crippen LogP contribution in [0.1, 0.15) is 25.3 Å². The molecule has 1 aliphatic rings. The van der Waals surface area contributed by atoms with E-state index in [1.807, 2.05) is 18.2 Å². The lowest BCUT2D eigenvalue weighted by atomic mass is 10.2. The van der Waals surface area contributed by atoms with Crippen LogP contribution in [0.25, 0.3) is 0 Å². The van der Waals surface area contributed by atoms with E-state index in [9.17, 15) is 0 Å². The van der Waals surface area contributed by atoms with Crippen LogP contribution in [0, 0.1) is 0 Å². The Kier molecular flexibility index (Phi) is 9.22. The van der Waals surface area contributed by atoms with Crippen molar-refractivity contribution in [3.05, 3.63) is 29.8 Å². The minimum Gasteiger partial charge on any atom is -0.491 e. The molecular weight excluding hydrogens is 393 g/mol. The Morgan fingerprint density at radius 2 is 2.14 bits per heavy atom. The van der Waals surface area contributed by atoms with Gasteiger partial charge >= 0.3 is 0 Å². The van der Waals surface area contributed by atoms with Gasteiger partial charge in [-0.2, -0.15) is 0 Å². The lowest BCUT2D eigenvalue weighted by Crippen LogP contribution is -2.38. The second-order valence-corrected chi connectivity index (χ2v) is 5.10. The van der Waals surface area contributed by atoms with Crippen LogP contribution < -0.4 is 15.4 Å². The van der Waals surface area contributed by atoms with Gasteiger partial charge in [0.1, 0.15) is 12.4 Å². The van der Waals surface area contributed by atoms with E-state index in [0.717, 1.165) is 23.8 Å². The fourth-order valence-electron chi connectivity index (χ4n) is 1.89. The number of hydrogen-bond donors (Lipinski definition) is 2. The molecule has 1 aromatic rings. The summed E-state index contributed by atoms with van der Waals surface area (Å²) < 4.78 is 10.6. The number of ether oxygens (including phenoxy) is 2. The smallest absolute Gasteiger partial charge is 0.191 e. The van der Waals surface area contributed by atoms with Gasteiger partial charge in [-0.25, -0.2) is 4.99 Å². The highest BCUT2D eigenvalue weighted by Gasteiger charge is 2.21. The summed E-state index contributed by atoms with van der Waals surface area (Å²) in [7, 11) is 1.67. The molecule has 124 valence electrons. The number of hydrogen-bond acceptors (Lipinski definition) is 3. The normalized spacial score (nSPS) is 14.2.